The van der Waals surface area contributed by atoms with Crippen LogP contribution in [0.4, 0.5) is 0 Å². The predicted octanol–water partition coefficient (Wildman–Crippen LogP) is 3.95. The summed E-state index contributed by atoms with van der Waals surface area (Å²) in [6.45, 7) is 2.47. The highest BCUT2D eigenvalue weighted by Gasteiger charge is 2.03. The fourth-order valence-electron chi connectivity index (χ4n) is 2.23. The zero-order chi connectivity index (χ0) is 18.8. The number of rotatable bonds is 8. The van der Waals surface area contributed by atoms with Crippen molar-refractivity contribution in [3.05, 3.63) is 76.3 Å². The summed E-state index contributed by atoms with van der Waals surface area (Å²) in [5, 5.41) is 3.39. The molecule has 2 rings (SSSR count). The van der Waals surface area contributed by atoms with E-state index < -0.39 is 5.97 Å². The molecule has 0 bridgehead atoms. The standard InChI is InChI=1S/C21H22ClNO3/c1-16-2-4-17(5-3-16)8-12-20(24)23-14-15-26-21(25)13-9-18-6-10-19(22)11-7-18/h2-7,9-11,13H,8,12,14-15H2,1H3,(H,23,24)/b13-9+. The van der Waals surface area contributed by atoms with Crippen LogP contribution in [0.15, 0.2) is 54.6 Å². The third kappa shape index (κ3) is 7.53. The van der Waals surface area contributed by atoms with E-state index >= 15 is 0 Å². The fourth-order valence-corrected chi connectivity index (χ4v) is 2.36. The lowest BCUT2D eigenvalue weighted by atomic mass is 10.1. The highest BCUT2D eigenvalue weighted by Crippen LogP contribution is 2.10. The maximum absolute atomic E-state index is 11.8. The first-order valence-corrected chi connectivity index (χ1v) is 8.83. The SMILES string of the molecule is Cc1ccc(CCC(=O)NCCOC(=O)/C=C/c2ccc(Cl)cc2)cc1. The van der Waals surface area contributed by atoms with Gasteiger partial charge in [0.25, 0.3) is 0 Å². The zero-order valence-corrected chi connectivity index (χ0v) is 15.5. The van der Waals surface area contributed by atoms with Crippen molar-refractivity contribution in [1.82, 2.24) is 5.32 Å². The molecule has 0 unspecified atom stereocenters. The molecule has 0 spiro atoms. The summed E-state index contributed by atoms with van der Waals surface area (Å²) in [6, 6.07) is 15.2. The minimum Gasteiger partial charge on any atom is -0.461 e. The molecule has 0 saturated heterocycles. The van der Waals surface area contributed by atoms with E-state index in [2.05, 4.69) is 5.32 Å². The first kappa shape index (κ1) is 19.7. The predicted molar refractivity (Wildman–Crippen MR) is 104 cm³/mol. The molecule has 0 aliphatic heterocycles. The molecule has 0 atom stereocenters. The van der Waals surface area contributed by atoms with Crippen molar-refractivity contribution in [2.45, 2.75) is 19.8 Å². The van der Waals surface area contributed by atoms with Crippen molar-refractivity contribution in [3.8, 4) is 0 Å². The van der Waals surface area contributed by atoms with Gasteiger partial charge in [-0.3, -0.25) is 4.79 Å². The number of esters is 1. The Balaban J connectivity index is 1.60. The second-order valence-electron chi connectivity index (χ2n) is 5.89. The highest BCUT2D eigenvalue weighted by molar-refractivity contribution is 6.30. The molecule has 0 aliphatic rings. The number of halogens is 1. The molecule has 0 aliphatic carbocycles. The second kappa shape index (κ2) is 10.4. The van der Waals surface area contributed by atoms with Crippen LogP contribution in [0.2, 0.25) is 5.02 Å². The Bertz CT molecular complexity index is 752. The molecule has 1 N–H and O–H groups in total. The van der Waals surface area contributed by atoms with Crippen LogP contribution in [0.5, 0.6) is 0 Å². The van der Waals surface area contributed by atoms with Crippen molar-refractivity contribution in [2.75, 3.05) is 13.2 Å². The van der Waals surface area contributed by atoms with E-state index in [-0.39, 0.29) is 12.5 Å². The van der Waals surface area contributed by atoms with E-state index in [0.717, 1.165) is 11.1 Å². The molecule has 26 heavy (non-hydrogen) atoms. The van der Waals surface area contributed by atoms with Crippen LogP contribution in [0, 0.1) is 6.92 Å². The van der Waals surface area contributed by atoms with Crippen LogP contribution >= 0.6 is 11.6 Å². The number of hydrogen-bond donors (Lipinski definition) is 1. The Labute approximate surface area is 158 Å². The number of aryl methyl sites for hydroxylation is 2. The van der Waals surface area contributed by atoms with Gasteiger partial charge in [0.2, 0.25) is 5.91 Å². The summed E-state index contributed by atoms with van der Waals surface area (Å²) in [5.74, 6) is -0.507. The number of carbonyl (C=O) groups excluding carboxylic acids is 2. The summed E-state index contributed by atoms with van der Waals surface area (Å²) in [5.41, 5.74) is 3.19. The van der Waals surface area contributed by atoms with Gasteiger partial charge in [-0.15, -0.1) is 0 Å². The Kier molecular flexibility index (Phi) is 7.90. The monoisotopic (exact) mass is 371 g/mol. The van der Waals surface area contributed by atoms with Gasteiger partial charge in [-0.25, -0.2) is 4.79 Å². The minimum absolute atomic E-state index is 0.0571. The second-order valence-corrected chi connectivity index (χ2v) is 6.32. The van der Waals surface area contributed by atoms with Crippen LogP contribution in [0.1, 0.15) is 23.1 Å². The fraction of sp³-hybridized carbons (Fsp3) is 0.238. The van der Waals surface area contributed by atoms with Crippen molar-refractivity contribution in [3.63, 3.8) is 0 Å². The van der Waals surface area contributed by atoms with Crippen LogP contribution in [0.25, 0.3) is 6.08 Å². The molecule has 0 saturated carbocycles. The molecule has 2 aromatic rings. The van der Waals surface area contributed by atoms with Gasteiger partial charge in [-0.05, 0) is 42.7 Å². The average Bonchev–Trinajstić information content (AvgIpc) is 2.64. The van der Waals surface area contributed by atoms with Gasteiger partial charge in [0.05, 0.1) is 6.54 Å². The van der Waals surface area contributed by atoms with E-state index in [1.165, 1.54) is 11.6 Å². The molecule has 0 radical (unpaired) electrons. The summed E-state index contributed by atoms with van der Waals surface area (Å²) in [4.78, 5) is 23.4. The Morgan fingerprint density at radius 1 is 1.08 bits per heavy atom. The van der Waals surface area contributed by atoms with E-state index in [1.807, 2.05) is 31.2 Å². The molecule has 2 aromatic carbocycles. The maximum atomic E-state index is 11.8. The van der Waals surface area contributed by atoms with Gasteiger partial charge in [-0.1, -0.05) is 53.6 Å². The van der Waals surface area contributed by atoms with Crippen molar-refractivity contribution in [2.24, 2.45) is 0 Å². The lowest BCUT2D eigenvalue weighted by Gasteiger charge is -2.06. The van der Waals surface area contributed by atoms with Gasteiger partial charge >= 0.3 is 5.97 Å². The van der Waals surface area contributed by atoms with Gasteiger partial charge < -0.3 is 10.1 Å². The van der Waals surface area contributed by atoms with Gasteiger partial charge in [-0.2, -0.15) is 0 Å². The van der Waals surface area contributed by atoms with Gasteiger partial charge in [0.15, 0.2) is 0 Å². The number of benzene rings is 2. The molecule has 1 amide bonds. The molecule has 0 fully saturated rings. The molecule has 4 nitrogen and oxygen atoms in total. The van der Waals surface area contributed by atoms with Crippen LogP contribution in [0.3, 0.4) is 0 Å². The van der Waals surface area contributed by atoms with Gasteiger partial charge in [0, 0.05) is 17.5 Å². The lowest BCUT2D eigenvalue weighted by molar-refractivity contribution is -0.138. The number of amides is 1. The summed E-state index contributed by atoms with van der Waals surface area (Å²) < 4.78 is 5.05. The van der Waals surface area contributed by atoms with Crippen LogP contribution in [-0.2, 0) is 20.7 Å². The molecule has 136 valence electrons. The number of ether oxygens (including phenoxy) is 1. The summed E-state index contributed by atoms with van der Waals surface area (Å²) in [6.07, 6.45) is 4.10. The maximum Gasteiger partial charge on any atom is 0.330 e. The van der Waals surface area contributed by atoms with Crippen molar-refractivity contribution in [1.29, 1.82) is 0 Å². The molecular weight excluding hydrogens is 350 g/mol. The summed E-state index contributed by atoms with van der Waals surface area (Å²) in [7, 11) is 0. The third-order valence-electron chi connectivity index (χ3n) is 3.71. The Morgan fingerprint density at radius 2 is 1.77 bits per heavy atom. The quantitative estimate of drug-likeness (QED) is 0.434. The van der Waals surface area contributed by atoms with Gasteiger partial charge in [0.1, 0.15) is 6.61 Å². The number of carbonyl (C=O) groups is 2. The first-order chi connectivity index (χ1) is 12.5. The lowest BCUT2D eigenvalue weighted by Crippen LogP contribution is -2.28. The van der Waals surface area contributed by atoms with E-state index in [9.17, 15) is 9.59 Å². The van der Waals surface area contributed by atoms with E-state index in [1.54, 1.807) is 30.3 Å². The smallest absolute Gasteiger partial charge is 0.330 e. The Morgan fingerprint density at radius 3 is 2.46 bits per heavy atom. The van der Waals surface area contributed by atoms with Crippen molar-refractivity contribution >= 4 is 29.6 Å². The number of hydrogen-bond acceptors (Lipinski definition) is 3. The molecule has 5 heteroatoms. The van der Waals surface area contributed by atoms with Crippen LogP contribution in [-0.4, -0.2) is 25.0 Å². The molecule has 0 aromatic heterocycles. The topological polar surface area (TPSA) is 55.4 Å². The zero-order valence-electron chi connectivity index (χ0n) is 14.7. The molecule has 0 heterocycles. The highest BCUT2D eigenvalue weighted by atomic mass is 35.5. The number of nitrogens with one attached hydrogen (secondary N) is 1. The summed E-state index contributed by atoms with van der Waals surface area (Å²) >= 11 is 5.80. The van der Waals surface area contributed by atoms with E-state index in [4.69, 9.17) is 16.3 Å². The average molecular weight is 372 g/mol. The van der Waals surface area contributed by atoms with Crippen molar-refractivity contribution < 1.29 is 14.3 Å². The van der Waals surface area contributed by atoms with E-state index in [0.29, 0.717) is 24.4 Å². The largest absolute Gasteiger partial charge is 0.461 e. The van der Waals surface area contributed by atoms with Crippen LogP contribution < -0.4 is 5.32 Å². The Hall–Kier alpha value is -2.59. The molecular formula is C21H22ClNO3. The third-order valence-corrected chi connectivity index (χ3v) is 3.96. The first-order valence-electron chi connectivity index (χ1n) is 8.45. The minimum atomic E-state index is -0.450. The normalized spacial score (nSPS) is 10.7.